The van der Waals surface area contributed by atoms with Crippen LogP contribution in [-0.2, 0) is 6.54 Å². The Morgan fingerprint density at radius 1 is 1.23 bits per heavy atom. The van der Waals surface area contributed by atoms with Crippen LogP contribution < -0.4 is 0 Å². The van der Waals surface area contributed by atoms with Crippen LogP contribution in [0.4, 0.5) is 0 Å². The second kappa shape index (κ2) is 7.34. The normalized spacial score (nSPS) is 23.7. The Labute approximate surface area is 164 Å². The van der Waals surface area contributed by atoms with Crippen molar-refractivity contribution in [2.24, 2.45) is 5.41 Å². The second-order valence-electron chi connectivity index (χ2n) is 7.88. The largest absolute Gasteiger partial charge is 0.337 e. The third kappa shape index (κ3) is 3.68. The molecule has 1 amide bonds. The van der Waals surface area contributed by atoms with Crippen molar-refractivity contribution in [3.8, 4) is 0 Å². The van der Waals surface area contributed by atoms with Gasteiger partial charge < -0.3 is 4.90 Å². The average Bonchev–Trinajstić information content (AvgIpc) is 3.21. The fourth-order valence-corrected chi connectivity index (χ4v) is 5.65. The lowest BCUT2D eigenvalue weighted by molar-refractivity contribution is 0.0679. The van der Waals surface area contributed by atoms with Crippen molar-refractivity contribution in [3.05, 3.63) is 56.7 Å². The van der Waals surface area contributed by atoms with Crippen molar-refractivity contribution in [2.75, 3.05) is 26.2 Å². The molecule has 138 valence electrons. The number of aryl methyl sites for hydroxylation is 1. The van der Waals surface area contributed by atoms with Gasteiger partial charge in [-0.15, -0.1) is 11.3 Å². The summed E-state index contributed by atoms with van der Waals surface area (Å²) < 4.78 is 0. The van der Waals surface area contributed by atoms with E-state index in [2.05, 4.69) is 36.1 Å². The summed E-state index contributed by atoms with van der Waals surface area (Å²) >= 11 is 7.62. The maximum atomic E-state index is 12.8. The Morgan fingerprint density at radius 2 is 2.12 bits per heavy atom. The molecule has 0 bridgehead atoms. The molecular weight excluding hydrogens is 364 g/mol. The Balaban J connectivity index is 1.42. The van der Waals surface area contributed by atoms with Crippen molar-refractivity contribution < 1.29 is 4.79 Å². The second-order valence-corrected chi connectivity index (χ2v) is 9.20. The number of carbonyl (C=O) groups excluding carboxylic acids is 1. The number of hydrogen-bond donors (Lipinski definition) is 0. The smallest absolute Gasteiger partial charge is 0.265 e. The Kier molecular flexibility index (Phi) is 5.09. The zero-order valence-corrected chi connectivity index (χ0v) is 16.8. The highest BCUT2D eigenvalue weighted by atomic mass is 35.5. The van der Waals surface area contributed by atoms with E-state index >= 15 is 0 Å². The lowest BCUT2D eigenvalue weighted by Gasteiger charge is -2.40. The van der Waals surface area contributed by atoms with Gasteiger partial charge in [-0.05, 0) is 49.7 Å². The Bertz CT molecular complexity index is 805. The van der Waals surface area contributed by atoms with E-state index in [0.717, 1.165) is 39.1 Å². The molecule has 4 rings (SSSR count). The summed E-state index contributed by atoms with van der Waals surface area (Å²) in [6, 6.07) is 10.6. The molecule has 1 aromatic heterocycles. The summed E-state index contributed by atoms with van der Waals surface area (Å²) in [5.41, 5.74) is 2.96. The van der Waals surface area contributed by atoms with E-state index in [0.29, 0.717) is 9.90 Å². The Morgan fingerprint density at radius 3 is 2.88 bits per heavy atom. The molecular formula is C21H25ClN2OS. The number of halogens is 1. The van der Waals surface area contributed by atoms with E-state index in [-0.39, 0.29) is 11.3 Å². The minimum Gasteiger partial charge on any atom is -0.337 e. The van der Waals surface area contributed by atoms with Crippen LogP contribution in [-0.4, -0.2) is 41.9 Å². The summed E-state index contributed by atoms with van der Waals surface area (Å²) in [5.74, 6) is 0.109. The lowest BCUT2D eigenvalue weighted by atomic mass is 9.79. The summed E-state index contributed by atoms with van der Waals surface area (Å²) in [6.07, 6.45) is 3.54. The molecule has 0 aliphatic carbocycles. The number of likely N-dealkylation sites (tertiary alicyclic amines) is 2. The maximum absolute atomic E-state index is 12.8. The zero-order valence-electron chi connectivity index (χ0n) is 15.2. The first-order valence-electron chi connectivity index (χ1n) is 9.35. The van der Waals surface area contributed by atoms with Gasteiger partial charge in [-0.2, -0.15) is 0 Å². The third-order valence-electron chi connectivity index (χ3n) is 5.77. The SMILES string of the molecule is Cc1cccc(CN2CCCC3(CCN(C(=O)c4sccc4Cl)C3)C2)c1. The number of thiophene rings is 1. The van der Waals surface area contributed by atoms with Crippen molar-refractivity contribution in [3.63, 3.8) is 0 Å². The van der Waals surface area contributed by atoms with Gasteiger partial charge in [0.1, 0.15) is 4.88 Å². The fourth-order valence-electron chi connectivity index (χ4n) is 4.55. The number of piperidine rings is 1. The van der Waals surface area contributed by atoms with Crippen LogP contribution in [0, 0.1) is 12.3 Å². The summed E-state index contributed by atoms with van der Waals surface area (Å²) in [5, 5.41) is 2.48. The van der Waals surface area contributed by atoms with Crippen molar-refractivity contribution in [1.29, 1.82) is 0 Å². The topological polar surface area (TPSA) is 23.6 Å². The molecule has 2 aliphatic heterocycles. The van der Waals surface area contributed by atoms with Crippen LogP contribution >= 0.6 is 22.9 Å². The van der Waals surface area contributed by atoms with Crippen molar-refractivity contribution in [1.82, 2.24) is 9.80 Å². The van der Waals surface area contributed by atoms with Gasteiger partial charge in [-0.1, -0.05) is 41.4 Å². The van der Waals surface area contributed by atoms with Gasteiger partial charge in [-0.3, -0.25) is 9.69 Å². The third-order valence-corrected chi connectivity index (χ3v) is 7.10. The molecule has 0 saturated carbocycles. The minimum absolute atomic E-state index is 0.109. The monoisotopic (exact) mass is 388 g/mol. The zero-order chi connectivity index (χ0) is 18.1. The summed E-state index contributed by atoms with van der Waals surface area (Å²) in [7, 11) is 0. The van der Waals surface area contributed by atoms with E-state index < -0.39 is 0 Å². The molecule has 2 aromatic rings. The van der Waals surface area contributed by atoms with Crippen molar-refractivity contribution in [2.45, 2.75) is 32.7 Å². The molecule has 1 spiro atoms. The van der Waals surface area contributed by atoms with Crippen LogP contribution in [0.25, 0.3) is 0 Å². The molecule has 1 aromatic carbocycles. The molecule has 5 heteroatoms. The van der Waals surface area contributed by atoms with Gasteiger partial charge in [0.25, 0.3) is 5.91 Å². The molecule has 3 nitrogen and oxygen atoms in total. The summed E-state index contributed by atoms with van der Waals surface area (Å²) in [6.45, 7) is 7.12. The van der Waals surface area contributed by atoms with E-state index in [4.69, 9.17) is 11.6 Å². The van der Waals surface area contributed by atoms with E-state index in [9.17, 15) is 4.79 Å². The standard InChI is InChI=1S/C21H25ClN2OS/c1-16-4-2-5-17(12-16)13-23-9-3-7-21(14-23)8-10-24(15-21)20(25)19-18(22)6-11-26-19/h2,4-6,11-12H,3,7-10,13-15H2,1H3. The van der Waals surface area contributed by atoms with Crippen LogP contribution in [0.15, 0.2) is 35.7 Å². The molecule has 1 unspecified atom stereocenters. The lowest BCUT2D eigenvalue weighted by Crippen LogP contribution is -2.45. The van der Waals surface area contributed by atoms with Crippen LogP contribution in [0.3, 0.4) is 0 Å². The van der Waals surface area contributed by atoms with Gasteiger partial charge in [0.05, 0.1) is 5.02 Å². The molecule has 2 aliphatic rings. The number of amides is 1. The molecule has 2 fully saturated rings. The van der Waals surface area contributed by atoms with Gasteiger partial charge >= 0.3 is 0 Å². The molecule has 1 atom stereocenters. The fraction of sp³-hybridized carbons (Fsp3) is 0.476. The minimum atomic E-state index is 0.109. The predicted octanol–water partition coefficient (Wildman–Crippen LogP) is 4.84. The molecule has 26 heavy (non-hydrogen) atoms. The molecule has 3 heterocycles. The predicted molar refractivity (Wildman–Crippen MR) is 108 cm³/mol. The van der Waals surface area contributed by atoms with E-state index in [1.54, 1.807) is 0 Å². The van der Waals surface area contributed by atoms with Crippen molar-refractivity contribution >= 4 is 28.8 Å². The number of rotatable bonds is 3. The number of hydrogen-bond acceptors (Lipinski definition) is 3. The first kappa shape index (κ1) is 18.0. The average molecular weight is 389 g/mol. The molecule has 2 saturated heterocycles. The van der Waals surface area contributed by atoms with Crippen LogP contribution in [0.2, 0.25) is 5.02 Å². The highest BCUT2D eigenvalue weighted by Gasteiger charge is 2.43. The number of nitrogens with zero attached hydrogens (tertiary/aromatic N) is 2. The van der Waals surface area contributed by atoms with E-state index in [1.165, 1.54) is 35.3 Å². The first-order valence-corrected chi connectivity index (χ1v) is 10.6. The first-order chi connectivity index (χ1) is 12.5. The highest BCUT2D eigenvalue weighted by molar-refractivity contribution is 7.12. The quantitative estimate of drug-likeness (QED) is 0.751. The molecule has 0 N–H and O–H groups in total. The Hall–Kier alpha value is -1.36. The van der Waals surface area contributed by atoms with Crippen LogP contribution in [0.5, 0.6) is 0 Å². The van der Waals surface area contributed by atoms with Gasteiger partial charge in [-0.25, -0.2) is 0 Å². The number of benzene rings is 1. The van der Waals surface area contributed by atoms with Gasteiger partial charge in [0.2, 0.25) is 0 Å². The van der Waals surface area contributed by atoms with E-state index in [1.807, 2.05) is 16.3 Å². The van der Waals surface area contributed by atoms with Gasteiger partial charge in [0.15, 0.2) is 0 Å². The van der Waals surface area contributed by atoms with Crippen LogP contribution in [0.1, 0.15) is 40.1 Å². The number of carbonyl (C=O) groups is 1. The van der Waals surface area contributed by atoms with Gasteiger partial charge in [0, 0.05) is 31.6 Å². The highest BCUT2D eigenvalue weighted by Crippen LogP contribution is 2.40. The maximum Gasteiger partial charge on any atom is 0.265 e. The molecule has 0 radical (unpaired) electrons. The summed E-state index contributed by atoms with van der Waals surface area (Å²) in [4.78, 5) is 18.1.